The maximum absolute atomic E-state index is 12.3. The highest BCUT2D eigenvalue weighted by atomic mass is 79.9. The van der Waals surface area contributed by atoms with Crippen LogP contribution >= 0.6 is 15.9 Å². The van der Waals surface area contributed by atoms with Gasteiger partial charge in [0.25, 0.3) is 0 Å². The van der Waals surface area contributed by atoms with Crippen LogP contribution in [0.4, 0.5) is 0 Å². The Hall–Kier alpha value is -0.370. The predicted molar refractivity (Wildman–Crippen MR) is 64.9 cm³/mol. The van der Waals surface area contributed by atoms with Crippen LogP contribution in [0.2, 0.25) is 0 Å². The summed E-state index contributed by atoms with van der Waals surface area (Å²) >= 11 is 3.08. The monoisotopic (exact) mass is 323 g/mol. The number of furan rings is 1. The van der Waals surface area contributed by atoms with Gasteiger partial charge < -0.3 is 9.52 Å². The van der Waals surface area contributed by atoms with E-state index in [9.17, 15) is 8.42 Å². The Bertz CT molecular complexity index is 510. The van der Waals surface area contributed by atoms with Crippen molar-refractivity contribution in [3.05, 3.63) is 16.5 Å². The van der Waals surface area contributed by atoms with E-state index in [2.05, 4.69) is 15.9 Å². The van der Waals surface area contributed by atoms with Crippen molar-refractivity contribution < 1.29 is 17.9 Å². The van der Waals surface area contributed by atoms with E-state index in [0.29, 0.717) is 6.54 Å². The van der Waals surface area contributed by atoms with Crippen molar-refractivity contribution in [3.8, 4) is 0 Å². The molecule has 2 rings (SSSR count). The minimum atomic E-state index is -3.53. The molecule has 5 nitrogen and oxygen atoms in total. The van der Waals surface area contributed by atoms with E-state index in [4.69, 9.17) is 9.52 Å². The van der Waals surface area contributed by atoms with Crippen LogP contribution in [0.3, 0.4) is 0 Å². The van der Waals surface area contributed by atoms with E-state index < -0.39 is 10.0 Å². The first-order valence-corrected chi connectivity index (χ1v) is 7.61. The van der Waals surface area contributed by atoms with Crippen LogP contribution in [-0.4, -0.2) is 30.4 Å². The van der Waals surface area contributed by atoms with Gasteiger partial charge in [0.2, 0.25) is 10.0 Å². The smallest absolute Gasteiger partial charge is 0.247 e. The molecule has 96 valence electrons. The minimum absolute atomic E-state index is 0.0133. The molecule has 2 heterocycles. The summed E-state index contributed by atoms with van der Waals surface area (Å²) in [6.07, 6.45) is 1.75. The first kappa shape index (κ1) is 13.1. The Kier molecular flexibility index (Phi) is 3.63. The van der Waals surface area contributed by atoms with Gasteiger partial charge in [-0.2, -0.15) is 4.31 Å². The maximum atomic E-state index is 12.3. The predicted octanol–water partition coefficient (Wildman–Crippen LogP) is 1.71. The summed E-state index contributed by atoms with van der Waals surface area (Å²) < 4.78 is 31.4. The summed E-state index contributed by atoms with van der Waals surface area (Å²) in [6.45, 7) is 2.12. The Morgan fingerprint density at radius 3 is 2.82 bits per heavy atom. The highest BCUT2D eigenvalue weighted by Crippen LogP contribution is 2.32. The molecule has 1 aliphatic rings. The lowest BCUT2D eigenvalue weighted by Crippen LogP contribution is -2.33. The molecule has 1 unspecified atom stereocenters. The average Bonchev–Trinajstić information content (AvgIpc) is 2.84. The van der Waals surface area contributed by atoms with Crippen molar-refractivity contribution in [2.75, 3.05) is 6.54 Å². The molecular formula is C10H14BrNO4S. The number of sulfonamides is 1. The molecule has 0 bridgehead atoms. The molecule has 1 aliphatic heterocycles. The molecule has 0 aliphatic carbocycles. The fourth-order valence-electron chi connectivity index (χ4n) is 2.04. The second-order valence-corrected chi connectivity index (χ2v) is 6.70. The fraction of sp³-hybridized carbons (Fsp3) is 0.600. The van der Waals surface area contributed by atoms with E-state index in [1.807, 2.05) is 6.92 Å². The van der Waals surface area contributed by atoms with Crippen molar-refractivity contribution in [1.82, 2.24) is 4.31 Å². The Balaban J connectivity index is 2.40. The van der Waals surface area contributed by atoms with Gasteiger partial charge in [0.1, 0.15) is 17.3 Å². The Labute approximate surface area is 109 Å². The number of rotatable bonds is 3. The second-order valence-electron chi connectivity index (χ2n) is 4.12. The van der Waals surface area contributed by atoms with E-state index >= 15 is 0 Å². The molecule has 1 atom stereocenters. The van der Waals surface area contributed by atoms with Gasteiger partial charge in [-0.15, -0.1) is 0 Å². The van der Waals surface area contributed by atoms with Gasteiger partial charge in [0.05, 0.1) is 0 Å². The van der Waals surface area contributed by atoms with E-state index in [-0.39, 0.29) is 28.0 Å². The van der Waals surface area contributed by atoms with Crippen LogP contribution in [0.1, 0.15) is 25.5 Å². The number of hydrogen-bond donors (Lipinski definition) is 1. The van der Waals surface area contributed by atoms with Gasteiger partial charge in [-0.05, 0) is 35.7 Å². The van der Waals surface area contributed by atoms with Gasteiger partial charge in [-0.25, -0.2) is 8.42 Å². The summed E-state index contributed by atoms with van der Waals surface area (Å²) in [6, 6.07) is 1.38. The molecule has 0 radical (unpaired) electrons. The lowest BCUT2D eigenvalue weighted by molar-refractivity contribution is 0.245. The van der Waals surface area contributed by atoms with Crippen molar-refractivity contribution in [3.63, 3.8) is 0 Å². The molecule has 0 aromatic carbocycles. The molecule has 1 aromatic rings. The maximum Gasteiger partial charge on any atom is 0.247 e. The summed E-state index contributed by atoms with van der Waals surface area (Å²) in [5, 5.41) is 8.94. The molecule has 0 saturated carbocycles. The highest BCUT2D eigenvalue weighted by molar-refractivity contribution is 9.10. The molecular weight excluding hydrogens is 310 g/mol. The van der Waals surface area contributed by atoms with Gasteiger partial charge in [0, 0.05) is 18.7 Å². The van der Waals surface area contributed by atoms with Gasteiger partial charge in [-0.3, -0.25) is 0 Å². The summed E-state index contributed by atoms with van der Waals surface area (Å²) in [5.74, 6) is 0.238. The highest BCUT2D eigenvalue weighted by Gasteiger charge is 2.35. The molecule has 1 fully saturated rings. The lowest BCUT2D eigenvalue weighted by atomic mass is 10.3. The zero-order chi connectivity index (χ0) is 12.6. The van der Waals surface area contributed by atoms with Crippen LogP contribution in [-0.2, 0) is 16.6 Å². The average molecular weight is 324 g/mol. The normalized spacial score (nSPS) is 22.2. The van der Waals surface area contributed by atoms with Crippen LogP contribution in [0.25, 0.3) is 0 Å². The van der Waals surface area contributed by atoms with Crippen LogP contribution in [0.5, 0.6) is 0 Å². The minimum Gasteiger partial charge on any atom is -0.450 e. The van der Waals surface area contributed by atoms with Crippen LogP contribution in [0, 0.1) is 0 Å². The Morgan fingerprint density at radius 1 is 1.65 bits per heavy atom. The molecule has 0 spiro atoms. The Morgan fingerprint density at radius 2 is 2.35 bits per heavy atom. The number of hydrogen-bond acceptors (Lipinski definition) is 4. The number of halogens is 1. The fourth-order valence-corrected chi connectivity index (χ4v) is 4.70. The van der Waals surface area contributed by atoms with Gasteiger partial charge in [-0.1, -0.05) is 0 Å². The molecule has 7 heteroatoms. The second kappa shape index (κ2) is 4.72. The SMILES string of the molecule is CC1CCCN1S(=O)(=O)c1cc(CO)oc1Br. The zero-order valence-corrected chi connectivity index (χ0v) is 11.8. The third-order valence-electron chi connectivity index (χ3n) is 2.94. The summed E-state index contributed by atoms with van der Waals surface area (Å²) in [5.41, 5.74) is 0. The molecule has 1 N–H and O–H groups in total. The van der Waals surface area contributed by atoms with Crippen molar-refractivity contribution in [2.24, 2.45) is 0 Å². The first-order chi connectivity index (χ1) is 7.96. The van der Waals surface area contributed by atoms with Crippen molar-refractivity contribution in [1.29, 1.82) is 0 Å². The van der Waals surface area contributed by atoms with Crippen LogP contribution in [0.15, 0.2) is 20.0 Å². The third kappa shape index (κ3) is 2.29. The number of aliphatic hydroxyl groups excluding tert-OH is 1. The van der Waals surface area contributed by atoms with E-state index in [1.165, 1.54) is 10.4 Å². The number of nitrogens with zero attached hydrogens (tertiary/aromatic N) is 1. The summed E-state index contributed by atoms with van der Waals surface area (Å²) in [7, 11) is -3.53. The standard InChI is InChI=1S/C10H14BrNO4S/c1-7-3-2-4-12(7)17(14,15)9-5-8(6-13)16-10(9)11/h5,7,13H,2-4,6H2,1H3. The number of aliphatic hydroxyl groups is 1. The largest absolute Gasteiger partial charge is 0.450 e. The molecule has 1 saturated heterocycles. The topological polar surface area (TPSA) is 70.8 Å². The third-order valence-corrected chi connectivity index (χ3v) is 5.81. The first-order valence-electron chi connectivity index (χ1n) is 5.37. The van der Waals surface area contributed by atoms with Crippen LogP contribution < -0.4 is 0 Å². The van der Waals surface area contributed by atoms with E-state index in [1.54, 1.807) is 0 Å². The van der Waals surface area contributed by atoms with Crippen molar-refractivity contribution >= 4 is 26.0 Å². The molecule has 1 aromatic heterocycles. The lowest BCUT2D eigenvalue weighted by Gasteiger charge is -2.19. The van der Waals surface area contributed by atoms with Crippen molar-refractivity contribution in [2.45, 2.75) is 37.3 Å². The van der Waals surface area contributed by atoms with E-state index in [0.717, 1.165) is 12.8 Å². The quantitative estimate of drug-likeness (QED) is 0.919. The van der Waals surface area contributed by atoms with Gasteiger partial charge >= 0.3 is 0 Å². The van der Waals surface area contributed by atoms with Gasteiger partial charge in [0.15, 0.2) is 4.67 Å². The zero-order valence-electron chi connectivity index (χ0n) is 9.39. The summed E-state index contributed by atoms with van der Waals surface area (Å²) in [4.78, 5) is 0.0929. The molecule has 0 amide bonds. The molecule has 17 heavy (non-hydrogen) atoms.